The normalized spacial score (nSPS) is 23.3. The minimum atomic E-state index is -0.812. The number of benzene rings is 1. The third-order valence-corrected chi connectivity index (χ3v) is 3.44. The molecule has 1 aliphatic carbocycles. The summed E-state index contributed by atoms with van der Waals surface area (Å²) in [4.78, 5) is 23.1. The Morgan fingerprint density at radius 2 is 1.78 bits per heavy atom. The molecule has 1 aliphatic rings. The molecule has 0 bridgehead atoms. The van der Waals surface area contributed by atoms with E-state index in [1.165, 1.54) is 0 Å². The van der Waals surface area contributed by atoms with Crippen molar-refractivity contribution in [2.45, 2.75) is 31.7 Å². The number of carbonyl (C=O) groups excluding carboxylic acids is 1. The van der Waals surface area contributed by atoms with E-state index in [0.717, 1.165) is 19.3 Å². The zero-order valence-corrected chi connectivity index (χ0v) is 10.1. The number of aliphatic carboxylic acids is 1. The number of hydrogen-bond acceptors (Lipinski definition) is 2. The highest BCUT2D eigenvalue weighted by Gasteiger charge is 2.31. The summed E-state index contributed by atoms with van der Waals surface area (Å²) in [7, 11) is 0. The smallest absolute Gasteiger partial charge is 0.308 e. The average Bonchev–Trinajstić information content (AvgIpc) is 2.40. The van der Waals surface area contributed by atoms with Gasteiger partial charge in [-0.05, 0) is 25.0 Å². The molecular formula is C14H17NO3. The summed E-state index contributed by atoms with van der Waals surface area (Å²) in [5, 5.41) is 12.0. The van der Waals surface area contributed by atoms with Gasteiger partial charge in [0, 0.05) is 11.6 Å². The number of hydrogen-bond donors (Lipinski definition) is 2. The van der Waals surface area contributed by atoms with Crippen molar-refractivity contribution in [3.8, 4) is 0 Å². The average molecular weight is 247 g/mol. The largest absolute Gasteiger partial charge is 0.481 e. The van der Waals surface area contributed by atoms with Crippen molar-refractivity contribution in [3.05, 3.63) is 35.9 Å². The monoisotopic (exact) mass is 247 g/mol. The van der Waals surface area contributed by atoms with Gasteiger partial charge in [-0.15, -0.1) is 0 Å². The van der Waals surface area contributed by atoms with Crippen molar-refractivity contribution in [1.29, 1.82) is 0 Å². The second kappa shape index (κ2) is 5.67. The maximum atomic E-state index is 12.0. The molecule has 2 atom stereocenters. The number of carboxylic acids is 1. The predicted octanol–water partition coefficient (Wildman–Crippen LogP) is 2.06. The van der Waals surface area contributed by atoms with E-state index in [1.807, 2.05) is 6.07 Å². The van der Waals surface area contributed by atoms with Crippen molar-refractivity contribution in [3.63, 3.8) is 0 Å². The van der Waals surface area contributed by atoms with E-state index in [4.69, 9.17) is 5.11 Å². The Balaban J connectivity index is 2.03. The van der Waals surface area contributed by atoms with Gasteiger partial charge in [-0.2, -0.15) is 0 Å². The first-order valence-electron chi connectivity index (χ1n) is 6.27. The van der Waals surface area contributed by atoms with Crippen LogP contribution in [0.3, 0.4) is 0 Å². The zero-order valence-electron chi connectivity index (χ0n) is 10.1. The molecule has 0 radical (unpaired) electrons. The first-order chi connectivity index (χ1) is 8.68. The van der Waals surface area contributed by atoms with Crippen molar-refractivity contribution >= 4 is 11.9 Å². The molecule has 1 aromatic carbocycles. The fraction of sp³-hybridized carbons (Fsp3) is 0.429. The van der Waals surface area contributed by atoms with E-state index in [0.29, 0.717) is 12.0 Å². The summed E-state index contributed by atoms with van der Waals surface area (Å²) in [5.41, 5.74) is 0.576. The Kier molecular flexibility index (Phi) is 3.97. The molecule has 1 fully saturated rings. The van der Waals surface area contributed by atoms with Crippen LogP contribution in [0.2, 0.25) is 0 Å². The van der Waals surface area contributed by atoms with Crippen molar-refractivity contribution in [2.75, 3.05) is 0 Å². The van der Waals surface area contributed by atoms with Crippen molar-refractivity contribution in [2.24, 2.45) is 5.92 Å². The standard InChI is InChI=1S/C14H17NO3/c16-13(10-6-2-1-3-7-10)15-12-9-5-4-8-11(12)14(17)18/h1-3,6-7,11-12H,4-5,8-9H2,(H,15,16)(H,17,18)/t11-,12+/m1/s1. The van der Waals surface area contributed by atoms with Crippen LogP contribution in [0, 0.1) is 5.92 Å². The molecule has 0 aliphatic heterocycles. The number of carboxylic acid groups (broad SMARTS) is 1. The van der Waals surface area contributed by atoms with Crippen LogP contribution in [-0.2, 0) is 4.79 Å². The molecule has 1 saturated carbocycles. The lowest BCUT2D eigenvalue weighted by molar-refractivity contribution is -0.143. The highest BCUT2D eigenvalue weighted by atomic mass is 16.4. The Hall–Kier alpha value is -1.84. The minimum absolute atomic E-state index is 0.186. The molecule has 2 rings (SSSR count). The van der Waals surface area contributed by atoms with Gasteiger partial charge in [-0.1, -0.05) is 31.0 Å². The van der Waals surface area contributed by atoms with Crippen LogP contribution in [0.25, 0.3) is 0 Å². The summed E-state index contributed by atoms with van der Waals surface area (Å²) in [6.45, 7) is 0. The van der Waals surface area contributed by atoms with Gasteiger partial charge in [0.1, 0.15) is 0 Å². The van der Waals surface area contributed by atoms with Crippen LogP contribution in [0.4, 0.5) is 0 Å². The SMILES string of the molecule is O=C(N[C@H]1CCCC[C@H]1C(=O)O)c1ccccc1. The summed E-state index contributed by atoms with van der Waals surface area (Å²) in [5.74, 6) is -1.45. The van der Waals surface area contributed by atoms with E-state index in [-0.39, 0.29) is 11.9 Å². The first kappa shape index (κ1) is 12.6. The number of rotatable bonds is 3. The second-order valence-corrected chi connectivity index (χ2v) is 4.68. The topological polar surface area (TPSA) is 66.4 Å². The fourth-order valence-corrected chi connectivity index (χ4v) is 2.44. The van der Waals surface area contributed by atoms with Gasteiger partial charge in [0.2, 0.25) is 0 Å². The Morgan fingerprint density at radius 1 is 1.11 bits per heavy atom. The van der Waals surface area contributed by atoms with Gasteiger partial charge in [0.25, 0.3) is 5.91 Å². The summed E-state index contributed by atoms with van der Waals surface area (Å²) in [6, 6.07) is 8.65. The molecular weight excluding hydrogens is 230 g/mol. The van der Waals surface area contributed by atoms with E-state index >= 15 is 0 Å². The van der Waals surface area contributed by atoms with Crippen LogP contribution in [0.5, 0.6) is 0 Å². The molecule has 1 aromatic rings. The molecule has 0 aromatic heterocycles. The molecule has 0 spiro atoms. The minimum Gasteiger partial charge on any atom is -0.481 e. The summed E-state index contributed by atoms with van der Waals surface area (Å²) >= 11 is 0. The Morgan fingerprint density at radius 3 is 2.44 bits per heavy atom. The Bertz CT molecular complexity index is 430. The van der Waals surface area contributed by atoms with Gasteiger partial charge in [-0.25, -0.2) is 0 Å². The van der Waals surface area contributed by atoms with Crippen LogP contribution >= 0.6 is 0 Å². The van der Waals surface area contributed by atoms with Gasteiger partial charge >= 0.3 is 5.97 Å². The van der Waals surface area contributed by atoms with E-state index in [9.17, 15) is 9.59 Å². The predicted molar refractivity (Wildman–Crippen MR) is 67.3 cm³/mol. The van der Waals surface area contributed by atoms with Gasteiger partial charge in [0.05, 0.1) is 5.92 Å². The first-order valence-corrected chi connectivity index (χ1v) is 6.27. The number of amides is 1. The second-order valence-electron chi connectivity index (χ2n) is 4.68. The van der Waals surface area contributed by atoms with E-state index in [1.54, 1.807) is 24.3 Å². The molecule has 0 heterocycles. The zero-order chi connectivity index (χ0) is 13.0. The number of nitrogens with one attached hydrogen (secondary N) is 1. The lowest BCUT2D eigenvalue weighted by atomic mass is 9.84. The fourth-order valence-electron chi connectivity index (χ4n) is 2.44. The maximum absolute atomic E-state index is 12.0. The molecule has 0 unspecified atom stereocenters. The van der Waals surface area contributed by atoms with Gasteiger partial charge in [0.15, 0.2) is 0 Å². The lowest BCUT2D eigenvalue weighted by Crippen LogP contribution is -2.45. The van der Waals surface area contributed by atoms with Crippen LogP contribution in [0.1, 0.15) is 36.0 Å². The summed E-state index contributed by atoms with van der Waals surface area (Å²) < 4.78 is 0. The molecule has 4 nitrogen and oxygen atoms in total. The van der Waals surface area contributed by atoms with Crippen molar-refractivity contribution < 1.29 is 14.7 Å². The molecule has 2 N–H and O–H groups in total. The molecule has 96 valence electrons. The summed E-state index contributed by atoms with van der Waals surface area (Å²) in [6.07, 6.45) is 3.29. The van der Waals surface area contributed by atoms with Crippen LogP contribution < -0.4 is 5.32 Å². The molecule has 0 saturated heterocycles. The van der Waals surface area contributed by atoms with E-state index < -0.39 is 11.9 Å². The lowest BCUT2D eigenvalue weighted by Gasteiger charge is -2.29. The Labute approximate surface area is 106 Å². The van der Waals surface area contributed by atoms with Gasteiger partial charge < -0.3 is 10.4 Å². The third-order valence-electron chi connectivity index (χ3n) is 3.44. The van der Waals surface area contributed by atoms with E-state index in [2.05, 4.69) is 5.32 Å². The van der Waals surface area contributed by atoms with Gasteiger partial charge in [-0.3, -0.25) is 9.59 Å². The third kappa shape index (κ3) is 2.88. The highest BCUT2D eigenvalue weighted by molar-refractivity contribution is 5.94. The number of carbonyl (C=O) groups is 2. The molecule has 18 heavy (non-hydrogen) atoms. The maximum Gasteiger partial charge on any atom is 0.308 e. The molecule has 4 heteroatoms. The van der Waals surface area contributed by atoms with Crippen LogP contribution in [0.15, 0.2) is 30.3 Å². The highest BCUT2D eigenvalue weighted by Crippen LogP contribution is 2.24. The molecule has 1 amide bonds. The van der Waals surface area contributed by atoms with Crippen molar-refractivity contribution in [1.82, 2.24) is 5.32 Å². The van der Waals surface area contributed by atoms with Crippen LogP contribution in [-0.4, -0.2) is 23.0 Å². The quantitative estimate of drug-likeness (QED) is 0.859.